The molecule has 0 unspecified atom stereocenters. The van der Waals surface area contributed by atoms with Crippen molar-refractivity contribution < 1.29 is 0 Å². The zero-order valence-corrected chi connectivity index (χ0v) is 11.4. The van der Waals surface area contributed by atoms with Gasteiger partial charge in [-0.1, -0.05) is 24.3 Å². The van der Waals surface area contributed by atoms with Gasteiger partial charge in [-0.3, -0.25) is 9.97 Å². The first-order valence-corrected chi connectivity index (χ1v) is 6.46. The van der Waals surface area contributed by atoms with Gasteiger partial charge in [-0.05, 0) is 44.0 Å². The van der Waals surface area contributed by atoms with Crippen LogP contribution >= 0.6 is 0 Å². The van der Waals surface area contributed by atoms with Crippen molar-refractivity contribution in [1.29, 1.82) is 0 Å². The van der Waals surface area contributed by atoms with Gasteiger partial charge in [-0.25, -0.2) is 0 Å². The number of hydrogen-bond acceptors (Lipinski definition) is 2. The summed E-state index contributed by atoms with van der Waals surface area (Å²) in [6, 6.07) is 12.6. The van der Waals surface area contributed by atoms with E-state index < -0.39 is 0 Å². The Morgan fingerprint density at radius 3 is 2.42 bits per heavy atom. The summed E-state index contributed by atoms with van der Waals surface area (Å²) in [5, 5.41) is 1.19. The summed E-state index contributed by atoms with van der Waals surface area (Å²) in [4.78, 5) is 9.05. The molecule has 2 heteroatoms. The molecule has 0 N–H and O–H groups in total. The van der Waals surface area contributed by atoms with Crippen molar-refractivity contribution in [2.24, 2.45) is 0 Å². The highest BCUT2D eigenvalue weighted by atomic mass is 14.7. The van der Waals surface area contributed by atoms with Crippen molar-refractivity contribution in [1.82, 2.24) is 9.97 Å². The van der Waals surface area contributed by atoms with Gasteiger partial charge in [0.1, 0.15) is 0 Å². The first-order chi connectivity index (χ1) is 9.16. The van der Waals surface area contributed by atoms with Gasteiger partial charge < -0.3 is 0 Å². The van der Waals surface area contributed by atoms with Crippen LogP contribution in [0.15, 0.2) is 42.6 Å². The van der Waals surface area contributed by atoms with Crippen LogP contribution in [-0.2, 0) is 0 Å². The van der Waals surface area contributed by atoms with E-state index in [9.17, 15) is 0 Å². The van der Waals surface area contributed by atoms with Gasteiger partial charge in [0.2, 0.25) is 0 Å². The molecule has 2 nitrogen and oxygen atoms in total. The number of aryl methyl sites for hydroxylation is 3. The molecule has 0 saturated carbocycles. The van der Waals surface area contributed by atoms with Gasteiger partial charge in [0.15, 0.2) is 0 Å². The lowest BCUT2D eigenvalue weighted by molar-refractivity contribution is 1.13. The van der Waals surface area contributed by atoms with Crippen LogP contribution in [0.3, 0.4) is 0 Å². The lowest BCUT2D eigenvalue weighted by Gasteiger charge is -2.11. The predicted octanol–water partition coefficient (Wildman–Crippen LogP) is 4.22. The molecule has 3 rings (SSSR count). The molecule has 19 heavy (non-hydrogen) atoms. The van der Waals surface area contributed by atoms with Crippen molar-refractivity contribution in [3.63, 3.8) is 0 Å². The van der Waals surface area contributed by atoms with Crippen LogP contribution in [0, 0.1) is 20.8 Å². The molecule has 0 fully saturated rings. The fourth-order valence-electron chi connectivity index (χ4n) is 2.52. The van der Waals surface area contributed by atoms with Gasteiger partial charge in [-0.15, -0.1) is 0 Å². The Bertz CT molecular complexity index is 760. The lowest BCUT2D eigenvalue weighted by atomic mass is 9.97. The largest absolute Gasteiger partial charge is 0.258 e. The minimum Gasteiger partial charge on any atom is -0.258 e. The van der Waals surface area contributed by atoms with Crippen molar-refractivity contribution in [2.75, 3.05) is 0 Å². The summed E-state index contributed by atoms with van der Waals surface area (Å²) in [5.74, 6) is 0. The summed E-state index contributed by atoms with van der Waals surface area (Å²) < 4.78 is 0. The maximum atomic E-state index is 4.56. The van der Waals surface area contributed by atoms with Gasteiger partial charge in [0.05, 0.1) is 5.52 Å². The van der Waals surface area contributed by atoms with Crippen LogP contribution in [0.1, 0.15) is 17.0 Å². The second kappa shape index (κ2) is 4.47. The van der Waals surface area contributed by atoms with Crippen LogP contribution in [-0.4, -0.2) is 9.97 Å². The quantitative estimate of drug-likeness (QED) is 0.644. The van der Waals surface area contributed by atoms with Crippen LogP contribution in [0.2, 0.25) is 0 Å². The van der Waals surface area contributed by atoms with Crippen molar-refractivity contribution in [3.05, 3.63) is 59.5 Å². The Balaban J connectivity index is 2.34. The molecular weight excluding hydrogens is 232 g/mol. The van der Waals surface area contributed by atoms with Gasteiger partial charge in [0, 0.05) is 28.5 Å². The highest BCUT2D eigenvalue weighted by molar-refractivity contribution is 5.96. The van der Waals surface area contributed by atoms with Crippen molar-refractivity contribution >= 4 is 10.9 Å². The molecule has 2 aromatic heterocycles. The first-order valence-electron chi connectivity index (χ1n) is 6.46. The number of nitrogens with zero attached hydrogens (tertiary/aromatic N) is 2. The summed E-state index contributed by atoms with van der Waals surface area (Å²) in [6.07, 6.45) is 1.85. The summed E-state index contributed by atoms with van der Waals surface area (Å²) >= 11 is 0. The molecule has 0 spiro atoms. The van der Waals surface area contributed by atoms with Gasteiger partial charge in [-0.2, -0.15) is 0 Å². The molecule has 0 aliphatic carbocycles. The number of hydrogen-bond donors (Lipinski definition) is 0. The summed E-state index contributed by atoms with van der Waals surface area (Å²) in [5.41, 5.74) is 6.78. The lowest BCUT2D eigenvalue weighted by Crippen LogP contribution is -1.92. The third-order valence-electron chi connectivity index (χ3n) is 3.49. The Kier molecular flexibility index (Phi) is 2.79. The molecule has 0 amide bonds. The Hall–Kier alpha value is -2.22. The third kappa shape index (κ3) is 1.99. The molecule has 0 bridgehead atoms. The first kappa shape index (κ1) is 11.8. The Morgan fingerprint density at radius 2 is 1.63 bits per heavy atom. The maximum Gasteiger partial charge on any atom is 0.0737 e. The summed E-state index contributed by atoms with van der Waals surface area (Å²) in [6.45, 7) is 6.18. The SMILES string of the molecule is Cc1ccc(-c2ccc(C)c3ncccc23)c(C)n1. The number of pyridine rings is 2. The van der Waals surface area contributed by atoms with Crippen molar-refractivity contribution in [3.8, 4) is 11.1 Å². The number of aromatic nitrogens is 2. The molecule has 0 aliphatic heterocycles. The number of benzene rings is 1. The minimum atomic E-state index is 1.05. The number of fused-ring (bicyclic) bond motifs is 1. The fourth-order valence-corrected chi connectivity index (χ4v) is 2.52. The van der Waals surface area contributed by atoms with Crippen LogP contribution in [0.4, 0.5) is 0 Å². The van der Waals surface area contributed by atoms with E-state index >= 15 is 0 Å². The average molecular weight is 248 g/mol. The Labute approximate surface area is 113 Å². The van der Waals surface area contributed by atoms with Crippen LogP contribution in [0.25, 0.3) is 22.0 Å². The van der Waals surface area contributed by atoms with E-state index in [4.69, 9.17) is 0 Å². The molecule has 3 aromatic rings. The highest BCUT2D eigenvalue weighted by Gasteiger charge is 2.09. The molecule has 0 atom stereocenters. The van der Waals surface area contributed by atoms with E-state index in [1.54, 1.807) is 0 Å². The second-order valence-corrected chi connectivity index (χ2v) is 4.92. The standard InChI is InChI=1S/C17H16N2/c1-11-6-8-15(16-5-4-10-18-17(11)16)14-9-7-12(2)19-13(14)3/h4-10H,1-3H3. The van der Waals surface area contributed by atoms with E-state index in [-0.39, 0.29) is 0 Å². The van der Waals surface area contributed by atoms with E-state index in [1.807, 2.05) is 19.2 Å². The van der Waals surface area contributed by atoms with Crippen molar-refractivity contribution in [2.45, 2.75) is 20.8 Å². The molecule has 0 aliphatic rings. The topological polar surface area (TPSA) is 25.8 Å². The van der Waals surface area contributed by atoms with E-state index in [0.29, 0.717) is 0 Å². The Morgan fingerprint density at radius 1 is 0.842 bits per heavy atom. The van der Waals surface area contributed by atoms with Gasteiger partial charge in [0.25, 0.3) is 0 Å². The zero-order chi connectivity index (χ0) is 13.4. The van der Waals surface area contributed by atoms with Crippen LogP contribution < -0.4 is 0 Å². The fraction of sp³-hybridized carbons (Fsp3) is 0.176. The summed E-state index contributed by atoms with van der Waals surface area (Å²) in [7, 11) is 0. The monoisotopic (exact) mass is 248 g/mol. The van der Waals surface area contributed by atoms with E-state index in [0.717, 1.165) is 16.9 Å². The maximum absolute atomic E-state index is 4.56. The molecule has 0 saturated heterocycles. The molecule has 2 heterocycles. The highest BCUT2D eigenvalue weighted by Crippen LogP contribution is 2.30. The van der Waals surface area contributed by atoms with E-state index in [2.05, 4.69) is 54.1 Å². The van der Waals surface area contributed by atoms with Crippen LogP contribution in [0.5, 0.6) is 0 Å². The zero-order valence-electron chi connectivity index (χ0n) is 11.4. The molecule has 94 valence electrons. The third-order valence-corrected chi connectivity index (χ3v) is 3.49. The molecular formula is C17H16N2. The second-order valence-electron chi connectivity index (χ2n) is 4.92. The normalized spacial score (nSPS) is 10.9. The van der Waals surface area contributed by atoms with E-state index in [1.165, 1.54) is 22.1 Å². The smallest absolute Gasteiger partial charge is 0.0737 e. The predicted molar refractivity (Wildman–Crippen MR) is 79.2 cm³/mol. The van der Waals surface area contributed by atoms with Gasteiger partial charge >= 0.3 is 0 Å². The average Bonchev–Trinajstić information content (AvgIpc) is 2.41. The number of rotatable bonds is 1. The molecule has 0 radical (unpaired) electrons. The molecule has 1 aromatic carbocycles. The minimum absolute atomic E-state index is 1.05.